The van der Waals surface area contributed by atoms with Crippen molar-refractivity contribution in [3.05, 3.63) is 57.3 Å². The Balaban J connectivity index is 1.92. The largest absolute Gasteiger partial charge is 0.352 e. The van der Waals surface area contributed by atoms with E-state index in [1.807, 2.05) is 7.05 Å². The maximum Gasteiger partial charge on any atom is 0.191 e. The second-order valence-corrected chi connectivity index (χ2v) is 6.81. The minimum atomic E-state index is 0.771. The number of hydrogen-bond acceptors (Lipinski definition) is 3. The van der Waals surface area contributed by atoms with Crippen LogP contribution in [0.4, 0.5) is 0 Å². The molecule has 0 atom stereocenters. The monoisotopic (exact) mass is 330 g/mol. The maximum atomic E-state index is 4.31. The molecular formula is C18H26N4S. The molecule has 1 aromatic carbocycles. The molecule has 0 bridgehead atoms. The molecule has 0 saturated heterocycles. The van der Waals surface area contributed by atoms with Gasteiger partial charge in [0.15, 0.2) is 5.96 Å². The van der Waals surface area contributed by atoms with Gasteiger partial charge in [-0.15, -0.1) is 11.3 Å². The number of nitrogens with zero attached hydrogens (tertiary/aromatic N) is 2. The molecule has 0 unspecified atom stereocenters. The standard InChI is InChI=1S/C18H26N4S/c1-14-9-10-23-17(14)12-21-18(19-2)20-11-15-7-5-6-8-16(15)13-22(3)4/h5-10H,11-13H2,1-4H3,(H2,19,20,21). The maximum absolute atomic E-state index is 4.31. The average molecular weight is 331 g/mol. The van der Waals surface area contributed by atoms with Crippen molar-refractivity contribution in [1.29, 1.82) is 0 Å². The van der Waals surface area contributed by atoms with E-state index in [1.54, 1.807) is 11.3 Å². The van der Waals surface area contributed by atoms with E-state index >= 15 is 0 Å². The highest BCUT2D eigenvalue weighted by Gasteiger charge is 2.05. The molecule has 1 heterocycles. The smallest absolute Gasteiger partial charge is 0.191 e. The predicted molar refractivity (Wildman–Crippen MR) is 99.9 cm³/mol. The summed E-state index contributed by atoms with van der Waals surface area (Å²) in [6.07, 6.45) is 0. The van der Waals surface area contributed by atoms with Crippen LogP contribution in [0, 0.1) is 6.92 Å². The highest BCUT2D eigenvalue weighted by molar-refractivity contribution is 7.10. The van der Waals surface area contributed by atoms with E-state index in [-0.39, 0.29) is 0 Å². The number of aryl methyl sites for hydroxylation is 1. The third-order valence-electron chi connectivity index (χ3n) is 3.66. The van der Waals surface area contributed by atoms with Gasteiger partial charge in [-0.05, 0) is 49.2 Å². The van der Waals surface area contributed by atoms with Gasteiger partial charge in [-0.2, -0.15) is 0 Å². The van der Waals surface area contributed by atoms with E-state index in [0.717, 1.165) is 25.6 Å². The van der Waals surface area contributed by atoms with Crippen molar-refractivity contribution in [2.24, 2.45) is 4.99 Å². The Morgan fingerprint density at radius 3 is 2.39 bits per heavy atom. The van der Waals surface area contributed by atoms with Crippen molar-refractivity contribution in [3.8, 4) is 0 Å². The van der Waals surface area contributed by atoms with Crippen LogP contribution in [-0.4, -0.2) is 32.0 Å². The van der Waals surface area contributed by atoms with Crippen LogP contribution in [0.1, 0.15) is 21.6 Å². The molecule has 2 rings (SSSR count). The zero-order valence-electron chi connectivity index (χ0n) is 14.4. The number of rotatable bonds is 6. The normalized spacial score (nSPS) is 11.8. The molecule has 23 heavy (non-hydrogen) atoms. The molecule has 0 aliphatic rings. The van der Waals surface area contributed by atoms with Crippen LogP contribution >= 0.6 is 11.3 Å². The Kier molecular flexibility index (Phi) is 6.62. The molecule has 0 aliphatic heterocycles. The summed E-state index contributed by atoms with van der Waals surface area (Å²) in [5.41, 5.74) is 3.97. The van der Waals surface area contributed by atoms with Crippen LogP contribution in [0.2, 0.25) is 0 Å². The molecule has 0 spiro atoms. The first-order valence-electron chi connectivity index (χ1n) is 7.79. The number of aliphatic imine (C=N–C) groups is 1. The lowest BCUT2D eigenvalue weighted by Crippen LogP contribution is -2.36. The van der Waals surface area contributed by atoms with Crippen molar-refractivity contribution < 1.29 is 0 Å². The Morgan fingerprint density at radius 2 is 1.78 bits per heavy atom. The van der Waals surface area contributed by atoms with Crippen LogP contribution in [0.5, 0.6) is 0 Å². The molecular weight excluding hydrogens is 304 g/mol. The van der Waals surface area contributed by atoms with Crippen LogP contribution in [-0.2, 0) is 19.6 Å². The molecule has 124 valence electrons. The third kappa shape index (κ3) is 5.37. The van der Waals surface area contributed by atoms with Gasteiger partial charge in [-0.3, -0.25) is 4.99 Å². The Morgan fingerprint density at radius 1 is 1.09 bits per heavy atom. The van der Waals surface area contributed by atoms with E-state index in [4.69, 9.17) is 0 Å². The Labute approximate surface area is 143 Å². The van der Waals surface area contributed by atoms with Crippen molar-refractivity contribution >= 4 is 17.3 Å². The molecule has 0 fully saturated rings. The van der Waals surface area contributed by atoms with Crippen molar-refractivity contribution in [3.63, 3.8) is 0 Å². The molecule has 2 N–H and O–H groups in total. The van der Waals surface area contributed by atoms with Gasteiger partial charge >= 0.3 is 0 Å². The van der Waals surface area contributed by atoms with Gasteiger partial charge in [0, 0.05) is 25.0 Å². The van der Waals surface area contributed by atoms with Crippen molar-refractivity contribution in [2.45, 2.75) is 26.6 Å². The number of benzene rings is 1. The lowest BCUT2D eigenvalue weighted by atomic mass is 10.1. The van der Waals surface area contributed by atoms with Crippen LogP contribution < -0.4 is 10.6 Å². The Bertz CT molecular complexity index is 646. The van der Waals surface area contributed by atoms with Gasteiger partial charge in [0.25, 0.3) is 0 Å². The van der Waals surface area contributed by atoms with Gasteiger partial charge in [-0.25, -0.2) is 0 Å². The number of hydrogen-bond donors (Lipinski definition) is 2. The summed E-state index contributed by atoms with van der Waals surface area (Å²) in [4.78, 5) is 7.85. The van der Waals surface area contributed by atoms with Gasteiger partial charge < -0.3 is 15.5 Å². The van der Waals surface area contributed by atoms with Gasteiger partial charge in [0.1, 0.15) is 0 Å². The summed E-state index contributed by atoms with van der Waals surface area (Å²) in [5.74, 6) is 0.831. The van der Waals surface area contributed by atoms with E-state index in [1.165, 1.54) is 21.6 Å². The second-order valence-electron chi connectivity index (χ2n) is 5.81. The molecule has 1 aromatic heterocycles. The summed E-state index contributed by atoms with van der Waals surface area (Å²) < 4.78 is 0. The zero-order valence-corrected chi connectivity index (χ0v) is 15.2. The molecule has 0 saturated carbocycles. The fourth-order valence-electron chi connectivity index (χ4n) is 2.37. The summed E-state index contributed by atoms with van der Waals surface area (Å²) in [5, 5.41) is 8.91. The predicted octanol–water partition coefficient (Wildman–Crippen LogP) is 2.98. The molecule has 2 aromatic rings. The Hall–Kier alpha value is -1.85. The van der Waals surface area contributed by atoms with Crippen molar-refractivity contribution in [1.82, 2.24) is 15.5 Å². The molecule has 0 aliphatic carbocycles. The van der Waals surface area contributed by atoms with Crippen LogP contribution in [0.3, 0.4) is 0 Å². The topological polar surface area (TPSA) is 39.7 Å². The van der Waals surface area contributed by atoms with E-state index in [2.05, 4.69) is 77.3 Å². The minimum Gasteiger partial charge on any atom is -0.352 e. The first-order valence-corrected chi connectivity index (χ1v) is 8.67. The number of nitrogens with one attached hydrogen (secondary N) is 2. The van der Waals surface area contributed by atoms with E-state index in [0.29, 0.717) is 0 Å². The van der Waals surface area contributed by atoms with Gasteiger partial charge in [-0.1, -0.05) is 24.3 Å². The zero-order chi connectivity index (χ0) is 16.7. The fourth-order valence-corrected chi connectivity index (χ4v) is 3.22. The quantitative estimate of drug-likeness (QED) is 0.632. The average Bonchev–Trinajstić information content (AvgIpc) is 2.93. The molecule has 0 amide bonds. The molecule has 5 heteroatoms. The SMILES string of the molecule is CN=C(NCc1ccccc1CN(C)C)NCc1sccc1C. The number of thiophene rings is 1. The van der Waals surface area contributed by atoms with Crippen molar-refractivity contribution in [2.75, 3.05) is 21.1 Å². The molecule has 0 radical (unpaired) electrons. The highest BCUT2D eigenvalue weighted by Crippen LogP contribution is 2.14. The van der Waals surface area contributed by atoms with Gasteiger partial charge in [0.2, 0.25) is 0 Å². The van der Waals surface area contributed by atoms with E-state index in [9.17, 15) is 0 Å². The first kappa shape index (κ1) is 17.5. The number of guanidine groups is 1. The van der Waals surface area contributed by atoms with Crippen LogP contribution in [0.25, 0.3) is 0 Å². The second kappa shape index (κ2) is 8.70. The summed E-state index contributed by atoms with van der Waals surface area (Å²) in [7, 11) is 5.99. The summed E-state index contributed by atoms with van der Waals surface area (Å²) >= 11 is 1.77. The minimum absolute atomic E-state index is 0.771. The van der Waals surface area contributed by atoms with Crippen LogP contribution in [0.15, 0.2) is 40.7 Å². The van der Waals surface area contributed by atoms with E-state index < -0.39 is 0 Å². The fraction of sp³-hybridized carbons (Fsp3) is 0.389. The first-order chi connectivity index (χ1) is 11.1. The lowest BCUT2D eigenvalue weighted by molar-refractivity contribution is 0.400. The molecule has 4 nitrogen and oxygen atoms in total. The van der Waals surface area contributed by atoms with Gasteiger partial charge in [0.05, 0.1) is 6.54 Å². The highest BCUT2D eigenvalue weighted by atomic mass is 32.1. The summed E-state index contributed by atoms with van der Waals surface area (Å²) in [6.45, 7) is 4.66. The summed E-state index contributed by atoms with van der Waals surface area (Å²) in [6, 6.07) is 10.7. The lowest BCUT2D eigenvalue weighted by Gasteiger charge is -2.16. The third-order valence-corrected chi connectivity index (χ3v) is 4.68.